The van der Waals surface area contributed by atoms with Gasteiger partial charge < -0.3 is 24.6 Å². The Morgan fingerprint density at radius 2 is 2.00 bits per heavy atom. The number of anilines is 1. The van der Waals surface area contributed by atoms with Crippen LogP contribution < -0.4 is 10.6 Å². The molecule has 28 heavy (non-hydrogen) atoms. The topological polar surface area (TPSA) is 120 Å². The van der Waals surface area contributed by atoms with Gasteiger partial charge in [0.15, 0.2) is 12.4 Å². The summed E-state index contributed by atoms with van der Waals surface area (Å²) >= 11 is 1.20. The summed E-state index contributed by atoms with van der Waals surface area (Å²) in [5.41, 5.74) is 0.280. The fraction of sp³-hybridized carbons (Fsp3) is 0.333. The molecule has 2 rings (SSSR count). The molecule has 0 spiro atoms. The van der Waals surface area contributed by atoms with Gasteiger partial charge in [-0.25, -0.2) is 4.79 Å². The molecule has 0 saturated heterocycles. The summed E-state index contributed by atoms with van der Waals surface area (Å²) in [6, 6.07) is 8.26. The highest BCUT2D eigenvalue weighted by Gasteiger charge is 2.16. The molecule has 0 aliphatic rings. The summed E-state index contributed by atoms with van der Waals surface area (Å²) in [7, 11) is 1.55. The van der Waals surface area contributed by atoms with Crippen LogP contribution in [-0.4, -0.2) is 55.6 Å². The highest BCUT2D eigenvalue weighted by atomic mass is 32.2. The van der Waals surface area contributed by atoms with Gasteiger partial charge in [-0.2, -0.15) is 0 Å². The van der Waals surface area contributed by atoms with Crippen LogP contribution in [0.3, 0.4) is 0 Å². The van der Waals surface area contributed by atoms with Crippen LogP contribution in [0.25, 0.3) is 0 Å². The van der Waals surface area contributed by atoms with Gasteiger partial charge in [-0.05, 0) is 19.1 Å². The van der Waals surface area contributed by atoms with Crippen LogP contribution >= 0.6 is 11.8 Å². The quantitative estimate of drug-likeness (QED) is 0.346. The Morgan fingerprint density at radius 1 is 1.21 bits per heavy atom. The first-order chi connectivity index (χ1) is 13.5. The number of nitrogens with zero attached hydrogens (tertiary/aromatic N) is 1. The number of esters is 1. The maximum atomic E-state index is 12.3. The molecule has 0 saturated carbocycles. The molecule has 9 nitrogen and oxygen atoms in total. The van der Waals surface area contributed by atoms with Crippen LogP contribution in [0.4, 0.5) is 5.82 Å². The van der Waals surface area contributed by atoms with Gasteiger partial charge >= 0.3 is 5.97 Å². The smallest absolute Gasteiger partial charge is 0.339 e. The second kappa shape index (κ2) is 11.1. The SMILES string of the molecule is COCCNC(=O)CSc1ccccc1C(=O)OCC(=O)Nc1cc(C)on1. The van der Waals surface area contributed by atoms with E-state index in [1.54, 1.807) is 44.4 Å². The molecule has 2 aromatic rings. The van der Waals surface area contributed by atoms with Gasteiger partial charge in [-0.15, -0.1) is 11.8 Å². The van der Waals surface area contributed by atoms with E-state index in [4.69, 9.17) is 14.0 Å². The number of carbonyl (C=O) groups is 3. The fourth-order valence-corrected chi connectivity index (χ4v) is 2.93. The van der Waals surface area contributed by atoms with E-state index < -0.39 is 18.5 Å². The van der Waals surface area contributed by atoms with Crippen molar-refractivity contribution in [2.75, 3.05) is 37.9 Å². The minimum atomic E-state index is -0.658. The van der Waals surface area contributed by atoms with E-state index in [0.717, 1.165) is 0 Å². The van der Waals surface area contributed by atoms with E-state index in [1.807, 2.05) is 0 Å². The second-order valence-corrected chi connectivity index (χ2v) is 6.59. The molecule has 0 unspecified atom stereocenters. The van der Waals surface area contributed by atoms with Crippen LogP contribution in [0.15, 0.2) is 39.8 Å². The summed E-state index contributed by atoms with van der Waals surface area (Å²) < 4.78 is 14.8. The van der Waals surface area contributed by atoms with Gasteiger partial charge in [-0.1, -0.05) is 17.3 Å². The maximum absolute atomic E-state index is 12.3. The third kappa shape index (κ3) is 7.05. The Balaban J connectivity index is 1.85. The molecule has 1 heterocycles. The van der Waals surface area contributed by atoms with Crippen molar-refractivity contribution < 1.29 is 28.4 Å². The largest absolute Gasteiger partial charge is 0.452 e. The Kier molecular flexibility index (Phi) is 8.50. The van der Waals surface area contributed by atoms with Crippen molar-refractivity contribution in [3.8, 4) is 0 Å². The van der Waals surface area contributed by atoms with Gasteiger partial charge in [0.25, 0.3) is 5.91 Å². The van der Waals surface area contributed by atoms with Gasteiger partial charge in [0.1, 0.15) is 5.76 Å². The van der Waals surface area contributed by atoms with Crippen molar-refractivity contribution >= 4 is 35.4 Å². The number of aromatic nitrogens is 1. The zero-order chi connectivity index (χ0) is 20.4. The third-order valence-electron chi connectivity index (χ3n) is 3.32. The number of ether oxygens (including phenoxy) is 2. The molecule has 0 radical (unpaired) electrons. The minimum absolute atomic E-state index is 0.139. The number of benzene rings is 1. The van der Waals surface area contributed by atoms with Gasteiger partial charge in [-0.3, -0.25) is 9.59 Å². The fourth-order valence-electron chi connectivity index (χ4n) is 2.06. The van der Waals surface area contributed by atoms with Crippen molar-refractivity contribution in [3.63, 3.8) is 0 Å². The van der Waals surface area contributed by atoms with Crippen molar-refractivity contribution in [1.82, 2.24) is 10.5 Å². The number of nitrogens with one attached hydrogen (secondary N) is 2. The second-order valence-electron chi connectivity index (χ2n) is 5.57. The predicted molar refractivity (Wildman–Crippen MR) is 102 cm³/mol. The number of methoxy groups -OCH3 is 1. The molecule has 0 aliphatic heterocycles. The highest BCUT2D eigenvalue weighted by Crippen LogP contribution is 2.23. The molecule has 2 amide bonds. The number of carbonyl (C=O) groups excluding carboxylic acids is 3. The zero-order valence-corrected chi connectivity index (χ0v) is 16.3. The molecule has 150 valence electrons. The predicted octanol–water partition coefficient (Wildman–Crippen LogP) is 1.63. The summed E-state index contributed by atoms with van der Waals surface area (Å²) in [6.07, 6.45) is 0. The third-order valence-corrected chi connectivity index (χ3v) is 4.40. The van der Waals surface area contributed by atoms with E-state index in [2.05, 4.69) is 15.8 Å². The highest BCUT2D eigenvalue weighted by molar-refractivity contribution is 8.00. The summed E-state index contributed by atoms with van der Waals surface area (Å²) in [4.78, 5) is 36.5. The Labute approximate surface area is 166 Å². The maximum Gasteiger partial charge on any atom is 0.339 e. The van der Waals surface area contributed by atoms with E-state index >= 15 is 0 Å². The summed E-state index contributed by atoms with van der Waals surface area (Å²) in [6.45, 7) is 2.06. The summed E-state index contributed by atoms with van der Waals surface area (Å²) in [5.74, 6) is -0.440. The molecule has 10 heteroatoms. The number of hydrogen-bond acceptors (Lipinski definition) is 8. The lowest BCUT2D eigenvalue weighted by atomic mass is 10.2. The van der Waals surface area contributed by atoms with Crippen molar-refractivity contribution in [1.29, 1.82) is 0 Å². The van der Waals surface area contributed by atoms with Crippen molar-refractivity contribution in [2.45, 2.75) is 11.8 Å². The van der Waals surface area contributed by atoms with E-state index in [0.29, 0.717) is 23.8 Å². The average Bonchev–Trinajstić information content (AvgIpc) is 3.09. The number of aryl methyl sites for hydroxylation is 1. The molecule has 1 aromatic carbocycles. The number of hydrogen-bond donors (Lipinski definition) is 2. The molecule has 0 aliphatic carbocycles. The molecule has 2 N–H and O–H groups in total. The van der Waals surface area contributed by atoms with Crippen molar-refractivity contribution in [2.24, 2.45) is 0 Å². The zero-order valence-electron chi connectivity index (χ0n) is 15.5. The lowest BCUT2D eigenvalue weighted by Gasteiger charge is -2.09. The lowest BCUT2D eigenvalue weighted by Crippen LogP contribution is -2.28. The number of amides is 2. The molecular formula is C18H21N3O6S. The molecule has 1 aromatic heterocycles. The van der Waals surface area contributed by atoms with Gasteiger partial charge in [0, 0.05) is 24.6 Å². The van der Waals surface area contributed by atoms with Gasteiger partial charge in [0.05, 0.1) is 17.9 Å². The van der Waals surface area contributed by atoms with E-state index in [9.17, 15) is 14.4 Å². The van der Waals surface area contributed by atoms with Crippen LogP contribution in [0.1, 0.15) is 16.1 Å². The Hall–Kier alpha value is -2.85. The molecule has 0 bridgehead atoms. The van der Waals surface area contributed by atoms with E-state index in [-0.39, 0.29) is 23.0 Å². The van der Waals surface area contributed by atoms with Crippen LogP contribution in [0, 0.1) is 6.92 Å². The first-order valence-corrected chi connectivity index (χ1v) is 9.36. The Bertz CT molecular complexity index is 823. The van der Waals surface area contributed by atoms with Crippen molar-refractivity contribution in [3.05, 3.63) is 41.7 Å². The molecule has 0 atom stereocenters. The Morgan fingerprint density at radius 3 is 2.71 bits per heavy atom. The average molecular weight is 407 g/mol. The first-order valence-electron chi connectivity index (χ1n) is 8.37. The first kappa shape index (κ1) is 21.5. The number of rotatable bonds is 10. The van der Waals surface area contributed by atoms with Gasteiger partial charge in [0.2, 0.25) is 5.91 Å². The van der Waals surface area contributed by atoms with Crippen LogP contribution in [0.5, 0.6) is 0 Å². The standard InChI is InChI=1S/C18H21N3O6S/c1-12-9-15(21-27-12)20-16(22)10-26-18(24)13-5-3-4-6-14(13)28-11-17(23)19-7-8-25-2/h3-6,9H,7-8,10-11H2,1-2H3,(H,19,23)(H,20,21,22). The van der Waals surface area contributed by atoms with Crippen LogP contribution in [-0.2, 0) is 19.1 Å². The number of thioether (sulfide) groups is 1. The molecule has 0 fully saturated rings. The summed E-state index contributed by atoms with van der Waals surface area (Å²) in [5, 5.41) is 8.79. The lowest BCUT2D eigenvalue weighted by molar-refractivity contribution is -0.119. The molecular weight excluding hydrogens is 386 g/mol. The normalized spacial score (nSPS) is 10.4. The minimum Gasteiger partial charge on any atom is -0.452 e. The monoisotopic (exact) mass is 407 g/mol. The van der Waals surface area contributed by atoms with Crippen LogP contribution in [0.2, 0.25) is 0 Å². The van der Waals surface area contributed by atoms with E-state index in [1.165, 1.54) is 11.8 Å².